The van der Waals surface area contributed by atoms with E-state index in [-0.39, 0.29) is 0 Å². The van der Waals surface area contributed by atoms with Gasteiger partial charge >= 0.3 is 6.09 Å². The van der Waals surface area contributed by atoms with Crippen molar-refractivity contribution in [1.82, 2.24) is 10.4 Å². The van der Waals surface area contributed by atoms with Crippen LogP contribution in [0.5, 0.6) is 0 Å². The molecule has 0 unspecified atom stereocenters. The summed E-state index contributed by atoms with van der Waals surface area (Å²) < 4.78 is 5.34. The van der Waals surface area contributed by atoms with Crippen molar-refractivity contribution in [2.24, 2.45) is 0 Å². The van der Waals surface area contributed by atoms with E-state index < -0.39 is 12.0 Å². The molecule has 2 aromatic heterocycles. The molecule has 0 saturated carbocycles. The monoisotopic (exact) mass is 450 g/mol. The van der Waals surface area contributed by atoms with E-state index >= 15 is 0 Å². The molecule has 164 valence electrons. The van der Waals surface area contributed by atoms with Gasteiger partial charge < -0.3 is 14.7 Å². The van der Waals surface area contributed by atoms with Crippen LogP contribution < -0.4 is 15.3 Å². The zero-order chi connectivity index (χ0) is 22.3. The lowest BCUT2D eigenvalue weighted by Crippen LogP contribution is -2.45. The molecule has 1 saturated heterocycles. The van der Waals surface area contributed by atoms with Crippen LogP contribution >= 0.6 is 11.3 Å². The Balaban J connectivity index is 1.38. The van der Waals surface area contributed by atoms with E-state index in [9.17, 15) is 14.7 Å². The molecule has 0 radical (unpaired) electrons. The number of carbonyl (C=O) groups is 2. The summed E-state index contributed by atoms with van der Waals surface area (Å²) in [6, 6.07) is 14.6. The fourth-order valence-electron chi connectivity index (χ4n) is 3.24. The van der Waals surface area contributed by atoms with Gasteiger partial charge in [0.2, 0.25) is 0 Å². The minimum absolute atomic E-state index is 0.344. The second-order valence-corrected chi connectivity index (χ2v) is 7.95. The van der Waals surface area contributed by atoms with E-state index in [0.717, 1.165) is 39.9 Å². The van der Waals surface area contributed by atoms with E-state index in [4.69, 9.17) is 4.74 Å². The highest BCUT2D eigenvalue weighted by Gasteiger charge is 2.16. The molecule has 9 heteroatoms. The third-order valence-electron chi connectivity index (χ3n) is 4.88. The van der Waals surface area contributed by atoms with Crippen LogP contribution in [0.4, 0.5) is 16.3 Å². The fraction of sp³-hybridized carbons (Fsp3) is 0.174. The Morgan fingerprint density at radius 3 is 2.53 bits per heavy atom. The Morgan fingerprint density at radius 2 is 1.91 bits per heavy atom. The van der Waals surface area contributed by atoms with E-state index in [0.29, 0.717) is 18.9 Å². The van der Waals surface area contributed by atoms with Gasteiger partial charge in [-0.1, -0.05) is 18.2 Å². The molecule has 3 heterocycles. The minimum Gasteiger partial charge on any atom is -0.463 e. The van der Waals surface area contributed by atoms with Crippen molar-refractivity contribution in [2.45, 2.75) is 0 Å². The summed E-state index contributed by atoms with van der Waals surface area (Å²) in [5.41, 5.74) is 4.45. The van der Waals surface area contributed by atoms with Gasteiger partial charge in [0, 0.05) is 30.2 Å². The van der Waals surface area contributed by atoms with Crippen molar-refractivity contribution < 1.29 is 19.4 Å². The summed E-state index contributed by atoms with van der Waals surface area (Å²) in [5, 5.41) is 12.3. The third-order valence-corrected chi connectivity index (χ3v) is 5.80. The molecule has 0 aliphatic carbocycles. The summed E-state index contributed by atoms with van der Waals surface area (Å²) in [7, 11) is 0. The molecular formula is C23H22N4O4S. The smallest absolute Gasteiger partial charge is 0.431 e. The van der Waals surface area contributed by atoms with Gasteiger partial charge in [-0.2, -0.15) is 5.01 Å². The largest absolute Gasteiger partial charge is 0.463 e. The molecule has 32 heavy (non-hydrogen) atoms. The van der Waals surface area contributed by atoms with Crippen LogP contribution in [0.25, 0.3) is 16.5 Å². The highest BCUT2D eigenvalue weighted by Crippen LogP contribution is 2.26. The number of nitrogens with zero attached hydrogens (tertiary/aromatic N) is 3. The second-order valence-electron chi connectivity index (χ2n) is 7.00. The second kappa shape index (κ2) is 10.1. The molecule has 1 aliphatic rings. The maximum absolute atomic E-state index is 12.3. The first kappa shape index (κ1) is 21.5. The fourth-order valence-corrected chi connectivity index (χ4v) is 3.97. The van der Waals surface area contributed by atoms with Crippen LogP contribution in [0.3, 0.4) is 0 Å². The number of morpholine rings is 1. The topological polar surface area (TPSA) is 95.0 Å². The number of thiophene rings is 1. The van der Waals surface area contributed by atoms with Gasteiger partial charge in [0.25, 0.3) is 5.91 Å². The Morgan fingerprint density at radius 1 is 1.12 bits per heavy atom. The molecule has 0 atom stereocenters. The Kier molecular flexibility index (Phi) is 6.78. The predicted octanol–water partition coefficient (Wildman–Crippen LogP) is 3.88. The summed E-state index contributed by atoms with van der Waals surface area (Å²) in [5.74, 6) is 0.296. The first-order valence-corrected chi connectivity index (χ1v) is 10.9. The lowest BCUT2D eigenvalue weighted by molar-refractivity contribution is -0.116. The van der Waals surface area contributed by atoms with Gasteiger partial charge in [0.05, 0.1) is 18.9 Å². The van der Waals surface area contributed by atoms with Crippen LogP contribution in [-0.4, -0.2) is 48.4 Å². The average Bonchev–Trinajstić information content (AvgIpc) is 3.37. The van der Waals surface area contributed by atoms with Crippen molar-refractivity contribution in [3.05, 3.63) is 71.7 Å². The quantitative estimate of drug-likeness (QED) is 0.453. The molecule has 1 fully saturated rings. The molecule has 1 aromatic carbocycles. The van der Waals surface area contributed by atoms with Gasteiger partial charge in [-0.15, -0.1) is 11.3 Å². The maximum Gasteiger partial charge on any atom is 0.431 e. The summed E-state index contributed by atoms with van der Waals surface area (Å²) in [6.07, 6.45) is 3.26. The van der Waals surface area contributed by atoms with E-state index in [1.54, 1.807) is 35.7 Å². The number of ether oxygens (including phenoxy) is 1. The number of hydrogen-bond acceptors (Lipinski definition) is 6. The van der Waals surface area contributed by atoms with Crippen LogP contribution in [0, 0.1) is 0 Å². The molecule has 2 N–H and O–H groups in total. The number of hydrazine groups is 1. The molecule has 4 rings (SSSR count). The number of rotatable bonds is 5. The number of nitrogens with one attached hydrogen (secondary N) is 1. The Labute approximate surface area is 189 Å². The van der Waals surface area contributed by atoms with Gasteiger partial charge in [-0.05, 0) is 52.9 Å². The number of anilines is 2. The maximum atomic E-state index is 12.3. The summed E-state index contributed by atoms with van der Waals surface area (Å²) >= 11 is 1.60. The van der Waals surface area contributed by atoms with Gasteiger partial charge in [-0.25, -0.2) is 9.78 Å². The standard InChI is InChI=1S/C23H22N4O4S/c28-22(10-4-17-3-9-21(24-16-17)26-11-13-31-14-12-26)25-27(23(29)30)19-7-5-18(6-8-19)20-2-1-15-32-20/h1-10,15-16H,11-14H2,(H,25,28)(H,29,30). The summed E-state index contributed by atoms with van der Waals surface area (Å²) in [6.45, 7) is 2.95. The highest BCUT2D eigenvalue weighted by atomic mass is 32.1. The zero-order valence-electron chi connectivity index (χ0n) is 17.2. The predicted molar refractivity (Wildman–Crippen MR) is 125 cm³/mol. The Hall–Kier alpha value is -3.69. The normalized spacial score (nSPS) is 13.8. The molecular weight excluding hydrogens is 428 g/mol. The zero-order valence-corrected chi connectivity index (χ0v) is 18.0. The number of aromatic nitrogens is 1. The minimum atomic E-state index is -1.29. The lowest BCUT2D eigenvalue weighted by Gasteiger charge is -2.27. The lowest BCUT2D eigenvalue weighted by atomic mass is 10.2. The SMILES string of the molecule is O=C(C=Cc1ccc(N2CCOCC2)nc1)NN(C(=O)O)c1ccc(-c2cccs2)cc1. The molecule has 0 spiro atoms. The highest BCUT2D eigenvalue weighted by molar-refractivity contribution is 7.13. The van der Waals surface area contributed by atoms with Crippen LogP contribution in [0.2, 0.25) is 0 Å². The van der Waals surface area contributed by atoms with E-state index in [1.165, 1.54) is 6.08 Å². The number of carboxylic acid groups (broad SMARTS) is 1. The first-order valence-electron chi connectivity index (χ1n) is 10.0. The molecule has 8 nitrogen and oxygen atoms in total. The van der Waals surface area contributed by atoms with Crippen molar-refractivity contribution in [1.29, 1.82) is 0 Å². The molecule has 3 aromatic rings. The van der Waals surface area contributed by atoms with E-state index in [1.807, 2.05) is 41.8 Å². The number of hydrogen-bond donors (Lipinski definition) is 2. The van der Waals surface area contributed by atoms with Gasteiger partial charge in [-0.3, -0.25) is 10.2 Å². The number of benzene rings is 1. The Bertz CT molecular complexity index is 1080. The molecule has 2 amide bonds. The number of pyridine rings is 1. The van der Waals surface area contributed by atoms with Crippen LogP contribution in [-0.2, 0) is 9.53 Å². The van der Waals surface area contributed by atoms with Crippen LogP contribution in [0.15, 0.2) is 66.2 Å². The molecule has 1 aliphatic heterocycles. The van der Waals surface area contributed by atoms with Gasteiger partial charge in [0.1, 0.15) is 5.82 Å². The van der Waals surface area contributed by atoms with Crippen LogP contribution in [0.1, 0.15) is 5.56 Å². The van der Waals surface area contributed by atoms with Crippen molar-refractivity contribution >= 4 is 40.9 Å². The van der Waals surface area contributed by atoms with Crippen molar-refractivity contribution in [3.63, 3.8) is 0 Å². The third kappa shape index (κ3) is 5.32. The summed E-state index contributed by atoms with van der Waals surface area (Å²) in [4.78, 5) is 31.7. The average molecular weight is 451 g/mol. The van der Waals surface area contributed by atoms with E-state index in [2.05, 4.69) is 15.3 Å². The number of amides is 2. The van der Waals surface area contributed by atoms with Crippen molar-refractivity contribution in [3.8, 4) is 10.4 Å². The first-order chi connectivity index (χ1) is 15.6. The molecule has 0 bridgehead atoms. The van der Waals surface area contributed by atoms with Gasteiger partial charge in [0.15, 0.2) is 0 Å². The number of carbonyl (C=O) groups excluding carboxylic acids is 1. The van der Waals surface area contributed by atoms with Crippen molar-refractivity contribution in [2.75, 3.05) is 36.2 Å².